The standard InChI is InChI=1S/C18H14FN3O3/c19-12-3-4-15(23)13(8-12)18(24)22-7-5-16-14(10-22)21-17(25-16)11-2-1-6-20-9-11/h1-4,6,8-9,23H,5,7,10H2. The summed E-state index contributed by atoms with van der Waals surface area (Å²) in [5.74, 6) is -0.0616. The second-order valence-electron chi connectivity index (χ2n) is 5.77. The molecule has 3 aromatic rings. The molecule has 3 heterocycles. The predicted octanol–water partition coefficient (Wildman–Crippen LogP) is 2.78. The maximum Gasteiger partial charge on any atom is 0.258 e. The quantitative estimate of drug-likeness (QED) is 0.777. The van der Waals surface area contributed by atoms with Crippen molar-refractivity contribution in [1.29, 1.82) is 0 Å². The zero-order chi connectivity index (χ0) is 17.4. The van der Waals surface area contributed by atoms with Gasteiger partial charge in [0.05, 0.1) is 17.7 Å². The van der Waals surface area contributed by atoms with Crippen molar-refractivity contribution < 1.29 is 18.7 Å². The van der Waals surface area contributed by atoms with Crippen LogP contribution >= 0.6 is 0 Å². The lowest BCUT2D eigenvalue weighted by Crippen LogP contribution is -2.35. The van der Waals surface area contributed by atoms with Gasteiger partial charge in [0.25, 0.3) is 5.91 Å². The number of oxazole rings is 1. The number of benzene rings is 1. The van der Waals surface area contributed by atoms with Gasteiger partial charge in [-0.15, -0.1) is 0 Å². The number of fused-ring (bicyclic) bond motifs is 1. The number of phenolic OH excluding ortho intramolecular Hbond substituents is 1. The topological polar surface area (TPSA) is 79.5 Å². The van der Waals surface area contributed by atoms with Crippen molar-refractivity contribution in [3.63, 3.8) is 0 Å². The van der Waals surface area contributed by atoms with E-state index in [2.05, 4.69) is 9.97 Å². The maximum absolute atomic E-state index is 13.4. The third kappa shape index (κ3) is 2.84. The predicted molar refractivity (Wildman–Crippen MR) is 86.2 cm³/mol. The first-order chi connectivity index (χ1) is 12.1. The number of carbonyl (C=O) groups is 1. The van der Waals surface area contributed by atoms with Crippen molar-refractivity contribution in [2.45, 2.75) is 13.0 Å². The highest BCUT2D eigenvalue weighted by molar-refractivity contribution is 5.96. The summed E-state index contributed by atoms with van der Waals surface area (Å²) in [6.45, 7) is 0.650. The second-order valence-corrected chi connectivity index (χ2v) is 5.77. The van der Waals surface area contributed by atoms with Gasteiger partial charge in [0.1, 0.15) is 23.0 Å². The summed E-state index contributed by atoms with van der Waals surface area (Å²) in [7, 11) is 0. The molecule has 25 heavy (non-hydrogen) atoms. The minimum absolute atomic E-state index is 0.0561. The number of phenols is 1. The van der Waals surface area contributed by atoms with E-state index in [1.165, 1.54) is 11.0 Å². The van der Waals surface area contributed by atoms with Crippen LogP contribution in [-0.4, -0.2) is 32.4 Å². The Hall–Kier alpha value is -3.22. The number of rotatable bonds is 2. The molecule has 1 N–H and O–H groups in total. The minimum Gasteiger partial charge on any atom is -0.507 e. The monoisotopic (exact) mass is 339 g/mol. The smallest absolute Gasteiger partial charge is 0.258 e. The number of amides is 1. The molecule has 0 bridgehead atoms. The molecule has 0 spiro atoms. The molecule has 1 aromatic carbocycles. The van der Waals surface area contributed by atoms with E-state index in [9.17, 15) is 14.3 Å². The molecule has 1 aliphatic rings. The molecule has 0 atom stereocenters. The molecule has 1 amide bonds. The van der Waals surface area contributed by atoms with Gasteiger partial charge in [0.2, 0.25) is 5.89 Å². The normalized spacial score (nSPS) is 13.6. The van der Waals surface area contributed by atoms with Gasteiger partial charge in [-0.25, -0.2) is 9.37 Å². The van der Waals surface area contributed by atoms with E-state index in [4.69, 9.17) is 4.42 Å². The Morgan fingerprint density at radius 3 is 3.00 bits per heavy atom. The number of hydrogen-bond donors (Lipinski definition) is 1. The summed E-state index contributed by atoms with van der Waals surface area (Å²) in [4.78, 5) is 22.6. The van der Waals surface area contributed by atoms with Gasteiger partial charge in [-0.2, -0.15) is 0 Å². The summed E-state index contributed by atoms with van der Waals surface area (Å²) in [5, 5.41) is 9.83. The Morgan fingerprint density at radius 2 is 2.20 bits per heavy atom. The summed E-state index contributed by atoms with van der Waals surface area (Å²) >= 11 is 0. The van der Waals surface area contributed by atoms with Crippen LogP contribution in [0.15, 0.2) is 47.1 Å². The largest absolute Gasteiger partial charge is 0.507 e. The summed E-state index contributed by atoms with van der Waals surface area (Å²) in [5.41, 5.74) is 1.37. The number of pyridine rings is 1. The van der Waals surface area contributed by atoms with E-state index < -0.39 is 11.7 Å². The highest BCUT2D eigenvalue weighted by Crippen LogP contribution is 2.28. The van der Waals surface area contributed by atoms with Gasteiger partial charge in [0.15, 0.2) is 0 Å². The van der Waals surface area contributed by atoms with Crippen LogP contribution in [0.25, 0.3) is 11.5 Å². The van der Waals surface area contributed by atoms with Gasteiger partial charge in [0, 0.05) is 25.4 Å². The van der Waals surface area contributed by atoms with Gasteiger partial charge in [-0.05, 0) is 30.3 Å². The van der Waals surface area contributed by atoms with Gasteiger partial charge in [-0.1, -0.05) is 0 Å². The van der Waals surface area contributed by atoms with E-state index in [1.54, 1.807) is 18.5 Å². The van der Waals surface area contributed by atoms with Crippen LogP contribution in [-0.2, 0) is 13.0 Å². The minimum atomic E-state index is -0.570. The van der Waals surface area contributed by atoms with Crippen molar-refractivity contribution in [3.8, 4) is 17.2 Å². The van der Waals surface area contributed by atoms with Crippen molar-refractivity contribution in [1.82, 2.24) is 14.9 Å². The summed E-state index contributed by atoms with van der Waals surface area (Å²) < 4.78 is 19.2. The fourth-order valence-electron chi connectivity index (χ4n) is 2.83. The number of nitrogens with zero attached hydrogens (tertiary/aromatic N) is 3. The highest BCUT2D eigenvalue weighted by atomic mass is 19.1. The Bertz CT molecular complexity index is 940. The average Bonchev–Trinajstić information content (AvgIpc) is 3.07. The lowest BCUT2D eigenvalue weighted by molar-refractivity contribution is 0.0724. The lowest BCUT2D eigenvalue weighted by atomic mass is 10.1. The number of carbonyl (C=O) groups excluding carboxylic acids is 1. The van der Waals surface area contributed by atoms with Crippen molar-refractivity contribution in [2.24, 2.45) is 0 Å². The molecule has 2 aromatic heterocycles. The van der Waals surface area contributed by atoms with E-state index in [0.717, 1.165) is 23.5 Å². The van der Waals surface area contributed by atoms with Gasteiger partial charge < -0.3 is 14.4 Å². The SMILES string of the molecule is O=C(c1cc(F)ccc1O)N1CCc2oc(-c3cccnc3)nc2C1. The van der Waals surface area contributed by atoms with Crippen LogP contribution in [0.5, 0.6) is 5.75 Å². The van der Waals surface area contributed by atoms with Crippen LogP contribution in [0.1, 0.15) is 21.8 Å². The van der Waals surface area contributed by atoms with Crippen molar-refractivity contribution in [3.05, 3.63) is 65.6 Å². The average molecular weight is 339 g/mol. The van der Waals surface area contributed by atoms with Crippen LogP contribution in [0.2, 0.25) is 0 Å². The number of aromatic hydroxyl groups is 1. The molecule has 0 aliphatic carbocycles. The number of hydrogen-bond acceptors (Lipinski definition) is 5. The molecule has 0 saturated carbocycles. The molecule has 1 aliphatic heterocycles. The van der Waals surface area contributed by atoms with E-state index in [-0.39, 0.29) is 17.9 Å². The molecular formula is C18H14FN3O3. The van der Waals surface area contributed by atoms with Crippen molar-refractivity contribution in [2.75, 3.05) is 6.54 Å². The van der Waals surface area contributed by atoms with E-state index in [0.29, 0.717) is 24.6 Å². The molecule has 6 nitrogen and oxygen atoms in total. The third-order valence-electron chi connectivity index (χ3n) is 4.11. The van der Waals surface area contributed by atoms with Gasteiger partial charge in [-0.3, -0.25) is 9.78 Å². The third-order valence-corrected chi connectivity index (χ3v) is 4.11. The first-order valence-electron chi connectivity index (χ1n) is 7.78. The molecular weight excluding hydrogens is 325 g/mol. The fraction of sp³-hybridized carbons (Fsp3) is 0.167. The van der Waals surface area contributed by atoms with Crippen LogP contribution in [0.3, 0.4) is 0 Å². The fourth-order valence-corrected chi connectivity index (χ4v) is 2.83. The van der Waals surface area contributed by atoms with Crippen molar-refractivity contribution >= 4 is 5.91 Å². The van der Waals surface area contributed by atoms with E-state index in [1.807, 2.05) is 6.07 Å². The molecule has 0 fully saturated rings. The molecule has 0 saturated heterocycles. The van der Waals surface area contributed by atoms with Crippen LogP contribution in [0, 0.1) is 5.82 Å². The van der Waals surface area contributed by atoms with Crippen LogP contribution in [0.4, 0.5) is 4.39 Å². The van der Waals surface area contributed by atoms with Crippen LogP contribution < -0.4 is 0 Å². The molecule has 0 radical (unpaired) electrons. The Morgan fingerprint density at radius 1 is 1.32 bits per heavy atom. The summed E-state index contributed by atoms with van der Waals surface area (Å²) in [6.07, 6.45) is 3.83. The number of halogens is 1. The van der Waals surface area contributed by atoms with Gasteiger partial charge >= 0.3 is 0 Å². The zero-order valence-electron chi connectivity index (χ0n) is 13.1. The second kappa shape index (κ2) is 6.01. The molecule has 126 valence electrons. The molecule has 4 rings (SSSR count). The first kappa shape index (κ1) is 15.3. The molecule has 0 unspecified atom stereocenters. The summed E-state index contributed by atoms with van der Waals surface area (Å²) in [6, 6.07) is 6.96. The first-order valence-corrected chi connectivity index (χ1v) is 7.78. The number of aromatic nitrogens is 2. The Balaban J connectivity index is 1.60. The zero-order valence-corrected chi connectivity index (χ0v) is 13.1. The lowest BCUT2D eigenvalue weighted by Gasteiger charge is -2.25. The highest BCUT2D eigenvalue weighted by Gasteiger charge is 2.28. The maximum atomic E-state index is 13.4. The van der Waals surface area contributed by atoms with E-state index >= 15 is 0 Å². The Labute approximate surface area is 142 Å². The Kier molecular flexibility index (Phi) is 3.68. The molecule has 7 heteroatoms.